The third-order valence-corrected chi connectivity index (χ3v) is 5.14. The van der Waals surface area contributed by atoms with Crippen molar-refractivity contribution in [2.75, 3.05) is 26.2 Å². The van der Waals surface area contributed by atoms with Crippen LogP contribution in [0.25, 0.3) is 0 Å². The lowest BCUT2D eigenvalue weighted by Crippen LogP contribution is -2.54. The Morgan fingerprint density at radius 2 is 2.04 bits per heavy atom. The molecule has 0 spiro atoms. The fraction of sp³-hybridized carbons (Fsp3) is 0.765. The van der Waals surface area contributed by atoms with Gasteiger partial charge in [0.2, 0.25) is 0 Å². The molecule has 128 valence electrons. The number of amides is 2. The van der Waals surface area contributed by atoms with Crippen LogP contribution in [-0.2, 0) is 6.54 Å². The molecule has 6 heteroatoms. The Morgan fingerprint density at radius 3 is 2.70 bits per heavy atom. The second-order valence-electron chi connectivity index (χ2n) is 7.01. The smallest absolute Gasteiger partial charge is 0.317 e. The fourth-order valence-electron chi connectivity index (χ4n) is 3.61. The zero-order valence-electron chi connectivity index (χ0n) is 14.3. The lowest BCUT2D eigenvalue weighted by atomic mass is 9.86. The van der Waals surface area contributed by atoms with E-state index in [1.165, 1.54) is 19.3 Å². The van der Waals surface area contributed by atoms with Gasteiger partial charge in [0.05, 0.1) is 5.69 Å². The number of nitrogens with one attached hydrogen (secondary N) is 1. The topological polar surface area (TPSA) is 61.6 Å². The molecule has 1 aliphatic heterocycles. The molecule has 2 amide bonds. The summed E-state index contributed by atoms with van der Waals surface area (Å²) in [6.45, 7) is 8.30. The number of urea groups is 1. The minimum Gasteiger partial charge on any atom is -0.361 e. The highest BCUT2D eigenvalue weighted by atomic mass is 16.5. The first-order chi connectivity index (χ1) is 11.1. The summed E-state index contributed by atoms with van der Waals surface area (Å²) >= 11 is 0. The Balaban J connectivity index is 1.43. The molecule has 2 unspecified atom stereocenters. The standard InChI is InChI=1S/C17H28N4O2/c1-13-5-3-4-6-16(13)18-17(22)21-9-7-20(8-10-21)12-15-11-14(2)23-19-15/h11,13,16H,3-10,12H2,1-2H3,(H,18,22). The molecule has 0 aromatic carbocycles. The molecule has 0 bridgehead atoms. The average molecular weight is 320 g/mol. The average Bonchev–Trinajstić information content (AvgIpc) is 2.95. The van der Waals surface area contributed by atoms with E-state index in [9.17, 15) is 4.79 Å². The first kappa shape index (κ1) is 16.3. The van der Waals surface area contributed by atoms with E-state index in [0.29, 0.717) is 12.0 Å². The van der Waals surface area contributed by atoms with Crippen molar-refractivity contribution in [2.45, 2.75) is 52.1 Å². The molecule has 1 aromatic rings. The monoisotopic (exact) mass is 320 g/mol. The third kappa shape index (κ3) is 4.25. The molecule has 1 N–H and O–H groups in total. The highest BCUT2D eigenvalue weighted by Crippen LogP contribution is 2.24. The summed E-state index contributed by atoms with van der Waals surface area (Å²) < 4.78 is 5.11. The number of carbonyl (C=O) groups excluding carboxylic acids is 1. The molecule has 2 fully saturated rings. The molecule has 1 aromatic heterocycles. The molecular formula is C17H28N4O2. The van der Waals surface area contributed by atoms with Crippen molar-refractivity contribution in [3.05, 3.63) is 17.5 Å². The van der Waals surface area contributed by atoms with Crippen LogP contribution in [0.3, 0.4) is 0 Å². The van der Waals surface area contributed by atoms with Crippen LogP contribution < -0.4 is 5.32 Å². The van der Waals surface area contributed by atoms with Gasteiger partial charge in [-0.2, -0.15) is 0 Å². The van der Waals surface area contributed by atoms with Crippen molar-refractivity contribution in [2.24, 2.45) is 5.92 Å². The number of piperazine rings is 1. The van der Waals surface area contributed by atoms with Crippen LogP contribution in [0.2, 0.25) is 0 Å². The molecule has 1 saturated carbocycles. The first-order valence-electron chi connectivity index (χ1n) is 8.82. The molecule has 2 atom stereocenters. The van der Waals surface area contributed by atoms with Gasteiger partial charge in [-0.15, -0.1) is 0 Å². The molecule has 1 aliphatic carbocycles. The normalized spacial score (nSPS) is 26.3. The van der Waals surface area contributed by atoms with Gasteiger partial charge >= 0.3 is 6.03 Å². The Kier molecular flexibility index (Phi) is 5.20. The van der Waals surface area contributed by atoms with Crippen molar-refractivity contribution in [3.8, 4) is 0 Å². The molecule has 1 saturated heterocycles. The van der Waals surface area contributed by atoms with Gasteiger partial charge in [0.25, 0.3) is 0 Å². The van der Waals surface area contributed by atoms with E-state index in [1.54, 1.807) is 0 Å². The Morgan fingerprint density at radius 1 is 1.30 bits per heavy atom. The van der Waals surface area contributed by atoms with E-state index >= 15 is 0 Å². The van der Waals surface area contributed by atoms with Crippen LogP contribution in [0, 0.1) is 12.8 Å². The SMILES string of the molecule is Cc1cc(CN2CCN(C(=O)NC3CCCCC3C)CC2)no1. The third-order valence-electron chi connectivity index (χ3n) is 5.14. The maximum atomic E-state index is 12.4. The van der Waals surface area contributed by atoms with E-state index in [-0.39, 0.29) is 6.03 Å². The molecular weight excluding hydrogens is 292 g/mol. The zero-order chi connectivity index (χ0) is 16.2. The van der Waals surface area contributed by atoms with E-state index in [2.05, 4.69) is 22.3 Å². The van der Waals surface area contributed by atoms with Gasteiger partial charge in [0.15, 0.2) is 0 Å². The molecule has 3 rings (SSSR count). The molecule has 23 heavy (non-hydrogen) atoms. The number of nitrogens with zero attached hydrogens (tertiary/aromatic N) is 3. The van der Waals surface area contributed by atoms with Gasteiger partial charge in [-0.1, -0.05) is 24.9 Å². The maximum Gasteiger partial charge on any atom is 0.317 e. The maximum absolute atomic E-state index is 12.4. The van der Waals surface area contributed by atoms with Crippen LogP contribution in [-0.4, -0.2) is 53.2 Å². The van der Waals surface area contributed by atoms with Crippen LogP contribution in [0.5, 0.6) is 0 Å². The quantitative estimate of drug-likeness (QED) is 0.929. The van der Waals surface area contributed by atoms with Gasteiger partial charge in [-0.25, -0.2) is 4.79 Å². The summed E-state index contributed by atoms with van der Waals surface area (Å²) in [5, 5.41) is 7.29. The van der Waals surface area contributed by atoms with Crippen molar-refractivity contribution >= 4 is 6.03 Å². The number of hydrogen-bond donors (Lipinski definition) is 1. The largest absolute Gasteiger partial charge is 0.361 e. The van der Waals surface area contributed by atoms with E-state index < -0.39 is 0 Å². The van der Waals surface area contributed by atoms with Crippen LogP contribution in [0.4, 0.5) is 4.79 Å². The summed E-state index contributed by atoms with van der Waals surface area (Å²) in [5.41, 5.74) is 0.969. The number of rotatable bonds is 3. The summed E-state index contributed by atoms with van der Waals surface area (Å²) in [5.74, 6) is 1.45. The highest BCUT2D eigenvalue weighted by molar-refractivity contribution is 5.74. The van der Waals surface area contributed by atoms with Crippen LogP contribution in [0.1, 0.15) is 44.1 Å². The van der Waals surface area contributed by atoms with Crippen molar-refractivity contribution in [1.29, 1.82) is 0 Å². The minimum absolute atomic E-state index is 0.112. The fourth-order valence-corrected chi connectivity index (χ4v) is 3.61. The predicted molar refractivity (Wildman–Crippen MR) is 88.0 cm³/mol. The Bertz CT molecular complexity index is 522. The summed E-state index contributed by atoms with van der Waals surface area (Å²) in [4.78, 5) is 16.7. The molecule has 6 nitrogen and oxygen atoms in total. The van der Waals surface area contributed by atoms with Gasteiger partial charge in [-0.05, 0) is 25.7 Å². The van der Waals surface area contributed by atoms with Gasteiger partial charge < -0.3 is 14.7 Å². The summed E-state index contributed by atoms with van der Waals surface area (Å²) in [6.07, 6.45) is 4.89. The molecule has 2 heterocycles. The number of aromatic nitrogens is 1. The first-order valence-corrected chi connectivity index (χ1v) is 8.82. The second kappa shape index (κ2) is 7.34. The predicted octanol–water partition coefficient (Wildman–Crippen LogP) is 2.39. The summed E-state index contributed by atoms with van der Waals surface area (Å²) in [6, 6.07) is 2.44. The number of carbonyl (C=O) groups is 1. The van der Waals surface area contributed by atoms with Crippen molar-refractivity contribution in [3.63, 3.8) is 0 Å². The van der Waals surface area contributed by atoms with Crippen molar-refractivity contribution < 1.29 is 9.32 Å². The van der Waals surface area contributed by atoms with E-state index in [4.69, 9.17) is 4.52 Å². The second-order valence-corrected chi connectivity index (χ2v) is 7.01. The summed E-state index contributed by atoms with van der Waals surface area (Å²) in [7, 11) is 0. The number of hydrogen-bond acceptors (Lipinski definition) is 4. The van der Waals surface area contributed by atoms with Crippen molar-refractivity contribution in [1.82, 2.24) is 20.3 Å². The Hall–Kier alpha value is -1.56. The Labute approximate surface area is 138 Å². The lowest BCUT2D eigenvalue weighted by molar-refractivity contribution is 0.127. The highest BCUT2D eigenvalue weighted by Gasteiger charge is 2.27. The van der Waals surface area contributed by atoms with Gasteiger partial charge in [-0.3, -0.25) is 4.90 Å². The van der Waals surface area contributed by atoms with Gasteiger partial charge in [0.1, 0.15) is 5.76 Å². The van der Waals surface area contributed by atoms with E-state index in [1.807, 2.05) is 17.9 Å². The van der Waals surface area contributed by atoms with Crippen LogP contribution >= 0.6 is 0 Å². The molecule has 2 aliphatic rings. The lowest BCUT2D eigenvalue weighted by Gasteiger charge is -2.36. The molecule has 0 radical (unpaired) electrons. The zero-order valence-corrected chi connectivity index (χ0v) is 14.3. The number of aryl methyl sites for hydroxylation is 1. The van der Waals surface area contributed by atoms with Crippen LogP contribution in [0.15, 0.2) is 10.6 Å². The minimum atomic E-state index is 0.112. The van der Waals surface area contributed by atoms with Gasteiger partial charge in [0, 0.05) is 44.8 Å². The van der Waals surface area contributed by atoms with E-state index in [0.717, 1.165) is 50.6 Å².